The summed E-state index contributed by atoms with van der Waals surface area (Å²) in [5, 5.41) is 0.0707. The molecule has 0 atom stereocenters. The molecule has 0 amide bonds. The van der Waals surface area contributed by atoms with Gasteiger partial charge < -0.3 is 9.31 Å². The van der Waals surface area contributed by atoms with E-state index in [0.717, 1.165) is 23.0 Å². The van der Waals surface area contributed by atoms with Crippen LogP contribution in [-0.4, -0.2) is 35.0 Å². The maximum Gasteiger partial charge on any atom is 0.491 e. The number of fused-ring (bicyclic) bond motifs is 1. The number of Topliss-reactive ketones (excluding diaryl/α,β-unsaturated/α-hetero) is 1. The van der Waals surface area contributed by atoms with Gasteiger partial charge in [0.15, 0.2) is 5.12 Å². The highest BCUT2D eigenvalue weighted by atomic mass is 32.2. The molecule has 1 fully saturated rings. The molecule has 1 saturated heterocycles. The second-order valence-corrected chi connectivity index (χ2v) is 9.48. The minimum Gasteiger partial charge on any atom is -0.400 e. The van der Waals surface area contributed by atoms with Crippen molar-refractivity contribution in [2.45, 2.75) is 65.1 Å². The quantitative estimate of drug-likeness (QED) is 0.731. The molecule has 0 saturated carbocycles. The Bertz CT molecular complexity index is 781. The van der Waals surface area contributed by atoms with Crippen molar-refractivity contribution in [1.29, 1.82) is 0 Å². The molecule has 1 heterocycles. The van der Waals surface area contributed by atoms with Gasteiger partial charge in [-0.05, 0) is 56.3 Å². The number of carbonyl (C=O) groups is 2. The summed E-state index contributed by atoms with van der Waals surface area (Å²) in [5.41, 5.74) is 3.51. The van der Waals surface area contributed by atoms with Crippen molar-refractivity contribution in [1.82, 2.24) is 0 Å². The lowest BCUT2D eigenvalue weighted by atomic mass is 9.78. The van der Waals surface area contributed by atoms with Crippen molar-refractivity contribution in [3.8, 4) is 0 Å². The number of hydrogen-bond donors (Lipinski definition) is 0. The molecule has 2 aliphatic rings. The number of benzene rings is 1. The molecular weight excluding hydrogens is 359 g/mol. The van der Waals surface area contributed by atoms with Crippen LogP contribution in [0.15, 0.2) is 23.7 Å². The maximum atomic E-state index is 11.7. The molecule has 0 radical (unpaired) electrons. The Morgan fingerprint density at radius 2 is 1.81 bits per heavy atom. The first kappa shape index (κ1) is 20.4. The molecule has 1 aliphatic carbocycles. The lowest BCUT2D eigenvalue weighted by Crippen LogP contribution is -2.41. The first-order chi connectivity index (χ1) is 12.6. The number of rotatable bonds is 4. The third kappa shape index (κ3) is 4.56. The van der Waals surface area contributed by atoms with Gasteiger partial charge >= 0.3 is 7.12 Å². The zero-order valence-electron chi connectivity index (χ0n) is 16.8. The fourth-order valence-electron chi connectivity index (χ4n) is 3.29. The summed E-state index contributed by atoms with van der Waals surface area (Å²) in [6, 6.07) is 6.21. The van der Waals surface area contributed by atoms with Gasteiger partial charge in [0.25, 0.3) is 0 Å². The Balaban J connectivity index is 1.89. The molecule has 0 spiro atoms. The summed E-state index contributed by atoms with van der Waals surface area (Å²) in [5.74, 6) is 0.836. The normalized spacial score (nSPS) is 21.3. The predicted molar refractivity (Wildman–Crippen MR) is 111 cm³/mol. The van der Waals surface area contributed by atoms with Crippen LogP contribution in [0.3, 0.4) is 0 Å². The van der Waals surface area contributed by atoms with Crippen molar-refractivity contribution in [2.24, 2.45) is 0 Å². The van der Waals surface area contributed by atoms with Crippen LogP contribution in [0.1, 0.15) is 57.7 Å². The molecule has 4 nitrogen and oxygen atoms in total. The summed E-state index contributed by atoms with van der Waals surface area (Å²) < 4.78 is 12.4. The van der Waals surface area contributed by atoms with Gasteiger partial charge in [-0.25, -0.2) is 0 Å². The maximum absolute atomic E-state index is 11.7. The van der Waals surface area contributed by atoms with Gasteiger partial charge in [-0.15, -0.1) is 0 Å². The summed E-state index contributed by atoms with van der Waals surface area (Å²) in [6.45, 7) is 9.68. The molecule has 3 rings (SSSR count). The molecule has 1 aliphatic heterocycles. The van der Waals surface area contributed by atoms with E-state index in [-0.39, 0.29) is 5.12 Å². The Morgan fingerprint density at radius 1 is 1.15 bits per heavy atom. The highest BCUT2D eigenvalue weighted by molar-refractivity contribution is 8.13. The minimum atomic E-state index is -0.473. The first-order valence-corrected chi connectivity index (χ1v) is 10.4. The standard InChI is InChI=1S/C21H27BO4S/c1-14(23)27-13-18(22-25-20(2,3)21(4,5)26-22)11-15-6-7-17-12-19(24)9-8-16(17)10-15/h6-7,10-11H,8-9,12-13H2,1-5H3. The number of thioether (sulfide) groups is 1. The zero-order chi connectivity index (χ0) is 19.8. The number of carbonyl (C=O) groups excluding carboxylic acids is 2. The van der Waals surface area contributed by atoms with E-state index in [1.165, 1.54) is 17.3 Å². The fourth-order valence-corrected chi connectivity index (χ4v) is 3.88. The van der Waals surface area contributed by atoms with Gasteiger partial charge in [-0.3, -0.25) is 9.59 Å². The van der Waals surface area contributed by atoms with E-state index in [1.54, 1.807) is 6.92 Å². The topological polar surface area (TPSA) is 52.6 Å². The van der Waals surface area contributed by atoms with E-state index in [1.807, 2.05) is 39.8 Å². The van der Waals surface area contributed by atoms with Crippen molar-refractivity contribution in [3.05, 3.63) is 40.4 Å². The van der Waals surface area contributed by atoms with Gasteiger partial charge in [-0.1, -0.05) is 36.0 Å². The Hall–Kier alpha value is -1.37. The molecule has 0 unspecified atom stereocenters. The monoisotopic (exact) mass is 386 g/mol. The van der Waals surface area contributed by atoms with Gasteiger partial charge in [0.05, 0.1) is 11.2 Å². The first-order valence-electron chi connectivity index (χ1n) is 9.40. The summed E-state index contributed by atoms with van der Waals surface area (Å²) in [7, 11) is -0.473. The van der Waals surface area contributed by atoms with Crippen molar-refractivity contribution in [3.63, 3.8) is 0 Å². The van der Waals surface area contributed by atoms with Crippen LogP contribution in [-0.2, 0) is 31.7 Å². The fraction of sp³-hybridized carbons (Fsp3) is 0.524. The smallest absolute Gasteiger partial charge is 0.400 e. The van der Waals surface area contributed by atoms with Crippen LogP contribution in [0.4, 0.5) is 0 Å². The van der Waals surface area contributed by atoms with E-state index >= 15 is 0 Å². The summed E-state index contributed by atoms with van der Waals surface area (Å²) in [4.78, 5) is 23.2. The Kier molecular flexibility index (Phi) is 5.71. The molecule has 1 aromatic carbocycles. The average Bonchev–Trinajstić information content (AvgIpc) is 2.79. The molecule has 0 bridgehead atoms. The number of hydrogen-bond acceptors (Lipinski definition) is 5. The van der Waals surface area contributed by atoms with Crippen LogP contribution >= 0.6 is 11.8 Å². The third-order valence-corrected chi connectivity index (χ3v) is 6.53. The highest BCUT2D eigenvalue weighted by Crippen LogP contribution is 2.39. The average molecular weight is 386 g/mol. The minimum absolute atomic E-state index is 0.0707. The van der Waals surface area contributed by atoms with Crippen LogP contribution < -0.4 is 0 Å². The number of aryl methyl sites for hydroxylation is 1. The van der Waals surface area contributed by atoms with E-state index in [0.29, 0.717) is 24.4 Å². The van der Waals surface area contributed by atoms with Crippen molar-refractivity contribution >= 4 is 35.9 Å². The number of ketones is 1. The molecule has 144 valence electrons. The van der Waals surface area contributed by atoms with Gasteiger partial charge in [0.2, 0.25) is 0 Å². The van der Waals surface area contributed by atoms with Crippen molar-refractivity contribution < 1.29 is 18.9 Å². The highest BCUT2D eigenvalue weighted by Gasteiger charge is 2.52. The largest absolute Gasteiger partial charge is 0.491 e. The van der Waals surface area contributed by atoms with Gasteiger partial charge in [-0.2, -0.15) is 0 Å². The van der Waals surface area contributed by atoms with Gasteiger partial charge in [0.1, 0.15) is 5.78 Å². The van der Waals surface area contributed by atoms with E-state index in [2.05, 4.69) is 12.1 Å². The third-order valence-electron chi connectivity index (χ3n) is 5.64. The van der Waals surface area contributed by atoms with Crippen LogP contribution in [0.25, 0.3) is 6.08 Å². The van der Waals surface area contributed by atoms with Gasteiger partial charge in [0, 0.05) is 25.5 Å². The Labute approximate surface area is 166 Å². The molecule has 0 aromatic heterocycles. The van der Waals surface area contributed by atoms with Crippen LogP contribution in [0.5, 0.6) is 0 Å². The van der Waals surface area contributed by atoms with E-state index < -0.39 is 18.3 Å². The Morgan fingerprint density at radius 3 is 2.44 bits per heavy atom. The second kappa shape index (κ2) is 7.57. The predicted octanol–water partition coefficient (Wildman–Crippen LogP) is 4.04. The summed E-state index contributed by atoms with van der Waals surface area (Å²) in [6.07, 6.45) is 4.01. The molecule has 27 heavy (non-hydrogen) atoms. The lowest BCUT2D eigenvalue weighted by Gasteiger charge is -2.32. The lowest BCUT2D eigenvalue weighted by molar-refractivity contribution is -0.118. The second-order valence-electron chi connectivity index (χ2n) is 8.33. The molecule has 6 heteroatoms. The molecule has 1 aromatic rings. The molecule has 0 N–H and O–H groups in total. The summed E-state index contributed by atoms with van der Waals surface area (Å²) >= 11 is 1.26. The van der Waals surface area contributed by atoms with Crippen LogP contribution in [0, 0.1) is 0 Å². The molecular formula is C21H27BO4S. The zero-order valence-corrected chi connectivity index (χ0v) is 17.6. The van der Waals surface area contributed by atoms with E-state index in [4.69, 9.17) is 9.31 Å². The SMILES string of the molecule is CC(=O)SCC(=Cc1ccc2c(c1)CCC(=O)C2)B1OC(C)(C)C(C)(C)O1. The van der Waals surface area contributed by atoms with Crippen LogP contribution in [0.2, 0.25) is 0 Å². The van der Waals surface area contributed by atoms with Crippen molar-refractivity contribution in [2.75, 3.05) is 5.75 Å². The van der Waals surface area contributed by atoms with E-state index in [9.17, 15) is 9.59 Å².